The van der Waals surface area contributed by atoms with Crippen LogP contribution >= 0.6 is 0 Å². The normalized spacial score (nSPS) is 17.0. The third-order valence-electron chi connectivity index (χ3n) is 4.54. The molecule has 1 saturated heterocycles. The molecule has 1 N–H and O–H groups in total. The minimum absolute atomic E-state index is 0.0642. The maximum absolute atomic E-state index is 11.9. The zero-order chi connectivity index (χ0) is 18.2. The summed E-state index contributed by atoms with van der Waals surface area (Å²) in [6.45, 7) is 3.89. The van der Waals surface area contributed by atoms with Gasteiger partial charge in [-0.3, -0.25) is 4.79 Å². The molecule has 3 rings (SSSR count). The summed E-state index contributed by atoms with van der Waals surface area (Å²) in [5.74, 6) is 1.33. The van der Waals surface area contributed by atoms with Crippen LogP contribution in [0.5, 0.6) is 11.6 Å². The maximum atomic E-state index is 11.9. The van der Waals surface area contributed by atoms with Crippen molar-refractivity contribution in [1.29, 1.82) is 0 Å². The maximum Gasteiger partial charge on any atom is 0.194 e. The first-order valence-corrected chi connectivity index (χ1v) is 9.42. The molecule has 1 aromatic carbocycles. The molecule has 0 radical (unpaired) electrons. The minimum atomic E-state index is -0.0642. The Balaban J connectivity index is 1.50. The van der Waals surface area contributed by atoms with E-state index in [1.54, 1.807) is 6.07 Å². The predicted molar refractivity (Wildman–Crippen MR) is 101 cm³/mol. The van der Waals surface area contributed by atoms with Crippen molar-refractivity contribution in [2.24, 2.45) is 0 Å². The van der Waals surface area contributed by atoms with E-state index in [0.717, 1.165) is 37.3 Å². The van der Waals surface area contributed by atoms with Gasteiger partial charge in [-0.05, 0) is 43.4 Å². The van der Waals surface area contributed by atoms with Crippen LogP contribution in [0, 0.1) is 0 Å². The van der Waals surface area contributed by atoms with Gasteiger partial charge in [0, 0.05) is 30.9 Å². The summed E-state index contributed by atoms with van der Waals surface area (Å²) < 4.78 is 17.2. The van der Waals surface area contributed by atoms with Crippen molar-refractivity contribution >= 4 is 0 Å². The van der Waals surface area contributed by atoms with Gasteiger partial charge in [0.1, 0.15) is 12.4 Å². The number of ether oxygens (including phenoxy) is 3. The fraction of sp³-hybridized carbons (Fsp3) is 0.476. The van der Waals surface area contributed by atoms with E-state index < -0.39 is 0 Å². The lowest BCUT2D eigenvalue weighted by atomic mass is 10.1. The van der Waals surface area contributed by atoms with Crippen LogP contribution in [0.4, 0.5) is 0 Å². The Hall–Kier alpha value is -2.27. The molecule has 2 heterocycles. The number of aryl methyl sites for hydroxylation is 1. The number of aromatic nitrogens is 1. The van der Waals surface area contributed by atoms with Gasteiger partial charge in [-0.1, -0.05) is 19.1 Å². The number of rotatable bonds is 8. The lowest BCUT2D eigenvalue weighted by Crippen LogP contribution is -2.26. The molecule has 2 aromatic rings. The van der Waals surface area contributed by atoms with E-state index in [1.807, 2.05) is 12.1 Å². The summed E-state index contributed by atoms with van der Waals surface area (Å²) in [7, 11) is 0. The van der Waals surface area contributed by atoms with Gasteiger partial charge in [0.25, 0.3) is 0 Å². The largest absolute Gasteiger partial charge is 0.493 e. The number of nitrogens with one attached hydrogen (secondary N) is 1. The topological polar surface area (TPSA) is 60.6 Å². The Morgan fingerprint density at radius 1 is 1.15 bits per heavy atom. The van der Waals surface area contributed by atoms with Crippen LogP contribution in [0.1, 0.15) is 37.4 Å². The Bertz CT molecular complexity index is 732. The number of hydrogen-bond acceptors (Lipinski definition) is 4. The van der Waals surface area contributed by atoms with Gasteiger partial charge in [0.15, 0.2) is 11.3 Å². The standard InChI is InChI=1S/C21H27NO4/c1-2-16-6-8-19(9-7-16)25-12-10-17-13-18(23)14-21(22-17)26-15-20-5-3-4-11-24-20/h6-9,13-14,20H,2-5,10-12,15H2,1H3,(H,22,23). The highest BCUT2D eigenvalue weighted by Gasteiger charge is 2.14. The van der Waals surface area contributed by atoms with E-state index in [2.05, 4.69) is 24.0 Å². The van der Waals surface area contributed by atoms with Crippen molar-refractivity contribution in [1.82, 2.24) is 4.98 Å². The van der Waals surface area contributed by atoms with Crippen LogP contribution in [0.25, 0.3) is 0 Å². The van der Waals surface area contributed by atoms with Gasteiger partial charge in [-0.15, -0.1) is 0 Å². The molecule has 1 atom stereocenters. The highest BCUT2D eigenvalue weighted by molar-refractivity contribution is 5.27. The molecule has 5 heteroatoms. The molecule has 1 aromatic heterocycles. The SMILES string of the molecule is CCc1ccc(OCCc2cc(=O)cc(OCC3CCCCO3)[nH]2)cc1. The highest BCUT2D eigenvalue weighted by atomic mass is 16.5. The Morgan fingerprint density at radius 2 is 2.00 bits per heavy atom. The van der Waals surface area contributed by atoms with E-state index in [-0.39, 0.29) is 11.5 Å². The monoisotopic (exact) mass is 357 g/mol. The van der Waals surface area contributed by atoms with Crippen LogP contribution < -0.4 is 14.9 Å². The summed E-state index contributed by atoms with van der Waals surface area (Å²) >= 11 is 0. The Kier molecular flexibility index (Phi) is 6.72. The molecule has 0 bridgehead atoms. The van der Waals surface area contributed by atoms with E-state index >= 15 is 0 Å². The summed E-state index contributed by atoms with van der Waals surface area (Å²) in [6.07, 6.45) is 5.03. The Labute approximate surface area is 154 Å². The van der Waals surface area contributed by atoms with Crippen LogP contribution in [0.3, 0.4) is 0 Å². The zero-order valence-corrected chi connectivity index (χ0v) is 15.3. The molecule has 0 amide bonds. The number of benzene rings is 1. The molecule has 1 aliphatic rings. The van der Waals surface area contributed by atoms with Gasteiger partial charge < -0.3 is 19.2 Å². The number of H-pyrrole nitrogens is 1. The second kappa shape index (κ2) is 9.43. The molecular weight excluding hydrogens is 330 g/mol. The average molecular weight is 357 g/mol. The third-order valence-corrected chi connectivity index (χ3v) is 4.54. The van der Waals surface area contributed by atoms with Crippen LogP contribution in [-0.2, 0) is 17.6 Å². The molecule has 1 unspecified atom stereocenters. The number of pyridine rings is 1. The van der Waals surface area contributed by atoms with Gasteiger partial charge in [0.2, 0.25) is 0 Å². The second-order valence-corrected chi connectivity index (χ2v) is 6.60. The third kappa shape index (κ3) is 5.63. The second-order valence-electron chi connectivity index (χ2n) is 6.60. The molecule has 0 aliphatic carbocycles. The molecule has 1 fully saturated rings. The van der Waals surface area contributed by atoms with Crippen molar-refractivity contribution in [2.45, 2.75) is 45.1 Å². The van der Waals surface area contributed by atoms with Crippen molar-refractivity contribution in [3.63, 3.8) is 0 Å². The first kappa shape index (κ1) is 18.5. The fourth-order valence-electron chi connectivity index (χ4n) is 3.01. The first-order valence-electron chi connectivity index (χ1n) is 9.42. The molecule has 26 heavy (non-hydrogen) atoms. The lowest BCUT2D eigenvalue weighted by Gasteiger charge is -2.22. The average Bonchev–Trinajstić information content (AvgIpc) is 2.67. The van der Waals surface area contributed by atoms with E-state index in [0.29, 0.717) is 25.5 Å². The minimum Gasteiger partial charge on any atom is -0.493 e. The Morgan fingerprint density at radius 3 is 2.73 bits per heavy atom. The molecule has 0 saturated carbocycles. The van der Waals surface area contributed by atoms with Gasteiger partial charge in [-0.2, -0.15) is 0 Å². The molecule has 140 valence electrons. The van der Waals surface area contributed by atoms with E-state index in [9.17, 15) is 4.79 Å². The van der Waals surface area contributed by atoms with Gasteiger partial charge >= 0.3 is 0 Å². The van der Waals surface area contributed by atoms with Crippen molar-refractivity contribution in [3.05, 3.63) is 57.9 Å². The molecule has 0 spiro atoms. The van der Waals surface area contributed by atoms with Crippen molar-refractivity contribution in [2.75, 3.05) is 19.8 Å². The van der Waals surface area contributed by atoms with Crippen LogP contribution in [0.2, 0.25) is 0 Å². The molecule has 5 nitrogen and oxygen atoms in total. The number of hydrogen-bond donors (Lipinski definition) is 1. The highest BCUT2D eigenvalue weighted by Crippen LogP contribution is 2.15. The van der Waals surface area contributed by atoms with Crippen molar-refractivity contribution in [3.8, 4) is 11.6 Å². The number of aromatic amines is 1. The van der Waals surface area contributed by atoms with Gasteiger partial charge in [-0.25, -0.2) is 0 Å². The smallest absolute Gasteiger partial charge is 0.194 e. The van der Waals surface area contributed by atoms with Crippen LogP contribution in [-0.4, -0.2) is 30.9 Å². The predicted octanol–water partition coefficient (Wildman–Crippen LogP) is 3.51. The lowest BCUT2D eigenvalue weighted by molar-refractivity contribution is -0.0120. The quantitative estimate of drug-likeness (QED) is 0.785. The summed E-state index contributed by atoms with van der Waals surface area (Å²) in [6, 6.07) is 11.2. The first-order chi connectivity index (χ1) is 12.7. The van der Waals surface area contributed by atoms with Crippen molar-refractivity contribution < 1.29 is 14.2 Å². The fourth-order valence-corrected chi connectivity index (χ4v) is 3.01. The molecular formula is C21H27NO4. The zero-order valence-electron chi connectivity index (χ0n) is 15.3. The van der Waals surface area contributed by atoms with Gasteiger partial charge in [0.05, 0.1) is 12.7 Å². The summed E-state index contributed by atoms with van der Waals surface area (Å²) in [5.41, 5.74) is 2.03. The van der Waals surface area contributed by atoms with Crippen LogP contribution in [0.15, 0.2) is 41.2 Å². The van der Waals surface area contributed by atoms with E-state index in [1.165, 1.54) is 18.1 Å². The summed E-state index contributed by atoms with van der Waals surface area (Å²) in [5, 5.41) is 0. The molecule has 1 aliphatic heterocycles. The van der Waals surface area contributed by atoms with E-state index in [4.69, 9.17) is 14.2 Å². The summed E-state index contributed by atoms with van der Waals surface area (Å²) in [4.78, 5) is 15.1.